The number of nitriles is 2. The van der Waals surface area contributed by atoms with Gasteiger partial charge in [-0.25, -0.2) is 0 Å². The summed E-state index contributed by atoms with van der Waals surface area (Å²) in [7, 11) is 0. The lowest BCUT2D eigenvalue weighted by Gasteiger charge is -2.19. The molecule has 0 saturated heterocycles. The third kappa shape index (κ3) is 4.07. The van der Waals surface area contributed by atoms with Gasteiger partial charge in [-0.15, -0.1) is 0 Å². The van der Waals surface area contributed by atoms with Crippen LogP contribution < -0.4 is 0 Å². The molecule has 2 aromatic heterocycles. The number of rotatable bonds is 4. The first-order valence-corrected chi connectivity index (χ1v) is 15.9. The maximum atomic E-state index is 10.5. The summed E-state index contributed by atoms with van der Waals surface area (Å²) in [5.74, 6) is 0. The Hall–Kier alpha value is -6.88. The summed E-state index contributed by atoms with van der Waals surface area (Å²) >= 11 is 0. The van der Waals surface area contributed by atoms with E-state index in [2.05, 4.69) is 143 Å². The smallest absolute Gasteiger partial charge is 0.0998 e. The van der Waals surface area contributed by atoms with Crippen molar-refractivity contribution in [3.63, 3.8) is 0 Å². The third-order valence-electron chi connectivity index (χ3n) is 9.40. The van der Waals surface area contributed by atoms with E-state index in [1.54, 1.807) is 0 Å². The minimum absolute atomic E-state index is 0.615. The van der Waals surface area contributed by atoms with Crippen molar-refractivity contribution in [3.05, 3.63) is 169 Å². The maximum absolute atomic E-state index is 10.5. The number of hydrogen-bond acceptors (Lipinski definition) is 2. The van der Waals surface area contributed by atoms with Crippen molar-refractivity contribution in [2.45, 2.75) is 0 Å². The van der Waals surface area contributed by atoms with Crippen molar-refractivity contribution in [1.29, 1.82) is 10.5 Å². The fourth-order valence-electron chi connectivity index (χ4n) is 7.37. The largest absolute Gasteiger partial charge is 0.309 e. The molecule has 0 unspecified atom stereocenters. The Labute approximate surface area is 277 Å². The van der Waals surface area contributed by atoms with E-state index in [4.69, 9.17) is 0 Å². The number of nitrogens with zero attached hydrogens (tertiary/aromatic N) is 4. The van der Waals surface area contributed by atoms with E-state index in [0.29, 0.717) is 11.1 Å². The second kappa shape index (κ2) is 10.9. The number of hydrogen-bond donors (Lipinski definition) is 0. The van der Waals surface area contributed by atoms with Gasteiger partial charge >= 0.3 is 0 Å². The molecule has 0 spiro atoms. The van der Waals surface area contributed by atoms with Crippen molar-refractivity contribution >= 4 is 43.6 Å². The van der Waals surface area contributed by atoms with Crippen LogP contribution in [0.3, 0.4) is 0 Å². The Kier molecular flexibility index (Phi) is 6.22. The van der Waals surface area contributed by atoms with Crippen LogP contribution in [0.1, 0.15) is 11.1 Å². The molecule has 0 radical (unpaired) electrons. The molecule has 9 rings (SSSR count). The van der Waals surface area contributed by atoms with Crippen molar-refractivity contribution in [3.8, 4) is 45.8 Å². The van der Waals surface area contributed by atoms with Crippen LogP contribution >= 0.6 is 0 Å². The molecule has 9 aromatic rings. The fraction of sp³-hybridized carbons (Fsp3) is 0. The Bertz CT molecular complexity index is 2760. The SMILES string of the molecule is N#Cc1ccc2c3ccccc3n(-c3cccc(-c4ccccc4-c4c(C#N)cccc4-n4c5ccccc5c5ccccc54)c3)c2c1. The van der Waals surface area contributed by atoms with Gasteiger partial charge in [-0.3, -0.25) is 0 Å². The van der Waals surface area contributed by atoms with Crippen LogP contribution in [-0.4, -0.2) is 9.13 Å². The molecule has 0 aliphatic carbocycles. The summed E-state index contributed by atoms with van der Waals surface area (Å²) in [6, 6.07) is 58.9. The van der Waals surface area contributed by atoms with Crippen LogP contribution in [0, 0.1) is 22.7 Å². The predicted molar refractivity (Wildman–Crippen MR) is 195 cm³/mol. The molecule has 0 fully saturated rings. The summed E-state index contributed by atoms with van der Waals surface area (Å²) in [6.07, 6.45) is 0. The Morgan fingerprint density at radius 2 is 1.00 bits per heavy atom. The minimum atomic E-state index is 0.615. The average Bonchev–Trinajstić information content (AvgIpc) is 3.67. The van der Waals surface area contributed by atoms with Gasteiger partial charge in [0.15, 0.2) is 0 Å². The molecule has 7 aromatic carbocycles. The van der Waals surface area contributed by atoms with Gasteiger partial charge in [0.2, 0.25) is 0 Å². The van der Waals surface area contributed by atoms with E-state index in [9.17, 15) is 10.5 Å². The summed E-state index contributed by atoms with van der Waals surface area (Å²) in [4.78, 5) is 0. The lowest BCUT2D eigenvalue weighted by molar-refractivity contribution is 1.18. The van der Waals surface area contributed by atoms with Crippen molar-refractivity contribution in [1.82, 2.24) is 9.13 Å². The van der Waals surface area contributed by atoms with E-state index in [-0.39, 0.29) is 0 Å². The molecule has 0 saturated carbocycles. The van der Waals surface area contributed by atoms with Crippen LogP contribution in [0.2, 0.25) is 0 Å². The first-order chi connectivity index (χ1) is 23.7. The standard InChI is InChI=1S/C44H26N4/c45-27-29-23-24-37-36-17-3-6-19-39(36)47(43(37)25-29)32-13-9-11-30(26-32)33-14-1-2-18-38(33)44-31(28-46)12-10-22-42(44)48-40-20-7-4-15-34(40)35-16-5-8-21-41(35)48/h1-26H. The molecular weight excluding hydrogens is 585 g/mol. The fourth-order valence-corrected chi connectivity index (χ4v) is 7.37. The van der Waals surface area contributed by atoms with Gasteiger partial charge in [-0.2, -0.15) is 10.5 Å². The molecule has 0 N–H and O–H groups in total. The highest BCUT2D eigenvalue weighted by Gasteiger charge is 2.21. The molecule has 0 amide bonds. The van der Waals surface area contributed by atoms with Crippen molar-refractivity contribution < 1.29 is 0 Å². The van der Waals surface area contributed by atoms with Gasteiger partial charge in [0, 0.05) is 32.8 Å². The van der Waals surface area contributed by atoms with Crippen LogP contribution in [0.15, 0.2) is 158 Å². The van der Waals surface area contributed by atoms with E-state index in [0.717, 1.165) is 66.5 Å². The maximum Gasteiger partial charge on any atom is 0.0998 e. The molecule has 0 aliphatic heterocycles. The van der Waals surface area contributed by atoms with Crippen LogP contribution in [0.25, 0.3) is 77.2 Å². The summed E-state index contributed by atoms with van der Waals surface area (Å²) in [6.45, 7) is 0. The predicted octanol–water partition coefficient (Wildman–Crippen LogP) is 11.0. The Morgan fingerprint density at radius 1 is 0.417 bits per heavy atom. The van der Waals surface area contributed by atoms with E-state index < -0.39 is 0 Å². The Morgan fingerprint density at radius 3 is 1.67 bits per heavy atom. The molecule has 0 bridgehead atoms. The van der Waals surface area contributed by atoms with Gasteiger partial charge in [-0.05, 0) is 71.3 Å². The quantitative estimate of drug-likeness (QED) is 0.199. The van der Waals surface area contributed by atoms with Gasteiger partial charge < -0.3 is 9.13 Å². The molecule has 48 heavy (non-hydrogen) atoms. The van der Waals surface area contributed by atoms with Crippen LogP contribution in [-0.2, 0) is 0 Å². The average molecular weight is 611 g/mol. The third-order valence-corrected chi connectivity index (χ3v) is 9.40. The number of aromatic nitrogens is 2. The zero-order valence-electron chi connectivity index (χ0n) is 25.8. The zero-order valence-corrected chi connectivity index (χ0v) is 25.8. The first kappa shape index (κ1) is 27.4. The monoisotopic (exact) mass is 610 g/mol. The van der Waals surface area contributed by atoms with E-state index in [1.165, 1.54) is 10.8 Å². The molecular formula is C44H26N4. The highest BCUT2D eigenvalue weighted by molar-refractivity contribution is 6.11. The van der Waals surface area contributed by atoms with Crippen molar-refractivity contribution in [2.75, 3.05) is 0 Å². The molecule has 2 heterocycles. The topological polar surface area (TPSA) is 57.4 Å². The molecule has 0 aliphatic rings. The normalized spacial score (nSPS) is 11.3. The van der Waals surface area contributed by atoms with E-state index >= 15 is 0 Å². The second-order valence-corrected chi connectivity index (χ2v) is 12.0. The lowest BCUT2D eigenvalue weighted by Crippen LogP contribution is -2.00. The molecule has 0 atom stereocenters. The lowest BCUT2D eigenvalue weighted by atomic mass is 9.90. The van der Waals surface area contributed by atoms with Gasteiger partial charge in [-0.1, -0.05) is 103 Å². The molecule has 4 heteroatoms. The van der Waals surface area contributed by atoms with Crippen LogP contribution in [0.4, 0.5) is 0 Å². The Balaban J connectivity index is 1.30. The summed E-state index contributed by atoms with van der Waals surface area (Å²) < 4.78 is 4.53. The number of fused-ring (bicyclic) bond motifs is 6. The van der Waals surface area contributed by atoms with Crippen molar-refractivity contribution in [2.24, 2.45) is 0 Å². The first-order valence-electron chi connectivity index (χ1n) is 15.9. The number of benzene rings is 7. The molecule has 222 valence electrons. The minimum Gasteiger partial charge on any atom is -0.309 e. The zero-order chi connectivity index (χ0) is 32.2. The highest BCUT2D eigenvalue weighted by Crippen LogP contribution is 2.42. The van der Waals surface area contributed by atoms with E-state index in [1.807, 2.05) is 36.4 Å². The van der Waals surface area contributed by atoms with Gasteiger partial charge in [0.25, 0.3) is 0 Å². The molecule has 4 nitrogen and oxygen atoms in total. The van der Waals surface area contributed by atoms with Gasteiger partial charge in [0.05, 0.1) is 51.0 Å². The van der Waals surface area contributed by atoms with Crippen LogP contribution in [0.5, 0.6) is 0 Å². The summed E-state index contributed by atoms with van der Waals surface area (Å²) in [5.41, 5.74) is 11.4. The number of para-hydroxylation sites is 3. The summed E-state index contributed by atoms with van der Waals surface area (Å²) in [5, 5.41) is 24.8. The van der Waals surface area contributed by atoms with Gasteiger partial charge in [0.1, 0.15) is 0 Å². The highest BCUT2D eigenvalue weighted by atomic mass is 15.0. The second-order valence-electron chi connectivity index (χ2n) is 12.0.